The maximum Gasteiger partial charge on any atom is 0.425 e. The Labute approximate surface area is 146 Å². The van der Waals surface area contributed by atoms with Crippen molar-refractivity contribution in [2.45, 2.75) is 31.7 Å². The highest BCUT2D eigenvalue weighted by atomic mass is 19.4. The predicted molar refractivity (Wildman–Crippen MR) is 82.7 cm³/mol. The number of aromatic amines is 1. The molecule has 0 spiro atoms. The van der Waals surface area contributed by atoms with E-state index in [1.165, 1.54) is 0 Å². The Hall–Kier alpha value is -2.14. The van der Waals surface area contributed by atoms with Gasteiger partial charge in [-0.1, -0.05) is 0 Å². The Morgan fingerprint density at radius 3 is 2.73 bits per heavy atom. The van der Waals surface area contributed by atoms with Gasteiger partial charge in [0.2, 0.25) is 5.91 Å². The number of fused-ring (bicyclic) bond motifs is 1. The van der Waals surface area contributed by atoms with Crippen LogP contribution >= 0.6 is 0 Å². The molecule has 1 aromatic rings. The van der Waals surface area contributed by atoms with Crippen LogP contribution in [-0.2, 0) is 15.7 Å². The van der Waals surface area contributed by atoms with Gasteiger partial charge in [-0.2, -0.15) is 18.3 Å². The second-order valence-corrected chi connectivity index (χ2v) is 6.23. The van der Waals surface area contributed by atoms with Crippen molar-refractivity contribution in [3.05, 3.63) is 21.6 Å². The van der Waals surface area contributed by atoms with Crippen LogP contribution in [0.2, 0.25) is 0 Å². The van der Waals surface area contributed by atoms with Gasteiger partial charge < -0.3 is 19.7 Å². The zero-order valence-electron chi connectivity index (χ0n) is 14.1. The summed E-state index contributed by atoms with van der Waals surface area (Å²) in [5.74, 6) is -0.868. The molecule has 2 N–H and O–H groups in total. The fraction of sp³-hybridized carbons (Fsp3) is 0.667. The first kappa shape index (κ1) is 18.6. The lowest BCUT2D eigenvalue weighted by Gasteiger charge is -2.31. The molecule has 26 heavy (non-hydrogen) atoms. The first-order valence-corrected chi connectivity index (χ1v) is 8.24. The smallest absolute Gasteiger partial charge is 0.425 e. The highest BCUT2D eigenvalue weighted by Crippen LogP contribution is 2.42. The highest BCUT2D eigenvalue weighted by Gasteiger charge is 2.43. The van der Waals surface area contributed by atoms with Crippen molar-refractivity contribution in [1.82, 2.24) is 20.4 Å². The summed E-state index contributed by atoms with van der Waals surface area (Å²) in [6.07, 6.45) is -6.16. The van der Waals surface area contributed by atoms with E-state index in [2.05, 4.69) is 10.4 Å². The van der Waals surface area contributed by atoms with E-state index < -0.39 is 35.3 Å². The number of ether oxygens (including phenoxy) is 2. The van der Waals surface area contributed by atoms with Crippen LogP contribution in [0.4, 0.5) is 13.2 Å². The number of piperazine rings is 1. The van der Waals surface area contributed by atoms with Crippen LogP contribution in [0.5, 0.6) is 5.75 Å². The molecule has 1 aromatic heterocycles. The molecule has 0 aromatic carbocycles. The summed E-state index contributed by atoms with van der Waals surface area (Å²) in [6.45, 7) is 3.75. The van der Waals surface area contributed by atoms with Crippen LogP contribution in [0.25, 0.3) is 0 Å². The Kier molecular flexibility index (Phi) is 5.19. The second kappa shape index (κ2) is 7.23. The van der Waals surface area contributed by atoms with Gasteiger partial charge in [0.1, 0.15) is 18.4 Å². The van der Waals surface area contributed by atoms with Crippen LogP contribution in [0, 0.1) is 0 Å². The Morgan fingerprint density at radius 1 is 1.38 bits per heavy atom. The summed E-state index contributed by atoms with van der Waals surface area (Å²) >= 11 is 0. The summed E-state index contributed by atoms with van der Waals surface area (Å²) in [4.78, 5) is 25.4. The molecular formula is C15H19F3N4O4. The van der Waals surface area contributed by atoms with Gasteiger partial charge in [0, 0.05) is 32.6 Å². The second-order valence-electron chi connectivity index (χ2n) is 6.23. The maximum atomic E-state index is 13.2. The Balaban J connectivity index is 1.80. The van der Waals surface area contributed by atoms with E-state index in [4.69, 9.17) is 9.47 Å². The third-order valence-electron chi connectivity index (χ3n) is 4.30. The maximum absolute atomic E-state index is 13.2. The van der Waals surface area contributed by atoms with E-state index in [0.29, 0.717) is 26.2 Å². The molecule has 0 bridgehead atoms. The number of rotatable bonds is 3. The van der Waals surface area contributed by atoms with E-state index in [0.717, 1.165) is 0 Å². The zero-order valence-corrected chi connectivity index (χ0v) is 14.1. The van der Waals surface area contributed by atoms with E-state index in [1.807, 2.05) is 5.10 Å². The molecule has 11 heteroatoms. The van der Waals surface area contributed by atoms with Gasteiger partial charge in [-0.25, -0.2) is 5.10 Å². The van der Waals surface area contributed by atoms with Gasteiger partial charge >= 0.3 is 6.18 Å². The molecule has 1 amide bonds. The molecule has 0 radical (unpaired) electrons. The van der Waals surface area contributed by atoms with Crippen LogP contribution in [0.15, 0.2) is 4.79 Å². The number of amides is 1. The lowest BCUT2D eigenvalue weighted by Crippen LogP contribution is -2.47. The van der Waals surface area contributed by atoms with Crippen LogP contribution in [-0.4, -0.2) is 59.9 Å². The van der Waals surface area contributed by atoms with Crippen molar-refractivity contribution < 1.29 is 27.4 Å². The molecule has 0 aliphatic carbocycles. The largest absolute Gasteiger partial charge is 0.488 e. The molecule has 8 nitrogen and oxygen atoms in total. The molecule has 1 fully saturated rings. The quantitative estimate of drug-likeness (QED) is 0.795. The van der Waals surface area contributed by atoms with Crippen molar-refractivity contribution in [2.24, 2.45) is 0 Å². The molecular weight excluding hydrogens is 357 g/mol. The molecule has 0 saturated carbocycles. The SMILES string of the molecule is C[C@@H]1C[C@H](OCC(=O)N2CCNCC2)c2n[nH]c(=O)c(C(F)(F)F)c2O1. The lowest BCUT2D eigenvalue weighted by atomic mass is 10.0. The average Bonchev–Trinajstić information content (AvgIpc) is 2.58. The van der Waals surface area contributed by atoms with E-state index in [9.17, 15) is 22.8 Å². The number of carbonyl (C=O) groups excluding carboxylic acids is 1. The number of carbonyl (C=O) groups is 1. The topological polar surface area (TPSA) is 96.5 Å². The Morgan fingerprint density at radius 2 is 2.08 bits per heavy atom. The van der Waals surface area contributed by atoms with E-state index in [-0.39, 0.29) is 24.6 Å². The summed E-state index contributed by atoms with van der Waals surface area (Å²) in [5, 5.41) is 8.64. The summed E-state index contributed by atoms with van der Waals surface area (Å²) < 4.78 is 50.4. The van der Waals surface area contributed by atoms with Gasteiger partial charge in [-0.3, -0.25) is 9.59 Å². The molecule has 2 atom stereocenters. The van der Waals surface area contributed by atoms with Crippen molar-refractivity contribution in [1.29, 1.82) is 0 Å². The van der Waals surface area contributed by atoms with Gasteiger partial charge in [0.15, 0.2) is 11.3 Å². The van der Waals surface area contributed by atoms with Crippen molar-refractivity contribution in [2.75, 3.05) is 32.8 Å². The molecule has 2 aliphatic rings. The number of hydrogen-bond donors (Lipinski definition) is 2. The fourth-order valence-corrected chi connectivity index (χ4v) is 3.03. The minimum absolute atomic E-state index is 0.150. The number of alkyl halides is 3. The van der Waals surface area contributed by atoms with Crippen molar-refractivity contribution >= 4 is 5.91 Å². The molecule has 3 rings (SSSR count). The van der Waals surface area contributed by atoms with Gasteiger partial charge in [-0.15, -0.1) is 0 Å². The molecule has 0 unspecified atom stereocenters. The standard InChI is InChI=1S/C15H19F3N4O4/c1-8-6-9(25-7-10(23)22-4-2-19-3-5-22)12-13(26-8)11(15(16,17)18)14(24)21-20-12/h8-9,19H,2-7H2,1H3,(H,21,24)/t8-,9+/m1/s1. The van der Waals surface area contributed by atoms with Gasteiger partial charge in [-0.05, 0) is 6.92 Å². The van der Waals surface area contributed by atoms with E-state index in [1.54, 1.807) is 11.8 Å². The number of aromatic nitrogens is 2. The molecule has 2 aliphatic heterocycles. The van der Waals surface area contributed by atoms with Crippen LogP contribution in [0.1, 0.15) is 30.7 Å². The van der Waals surface area contributed by atoms with E-state index >= 15 is 0 Å². The van der Waals surface area contributed by atoms with Crippen molar-refractivity contribution in [3.63, 3.8) is 0 Å². The lowest BCUT2D eigenvalue weighted by molar-refractivity contribution is -0.144. The minimum atomic E-state index is -4.89. The number of nitrogens with one attached hydrogen (secondary N) is 2. The van der Waals surface area contributed by atoms with Crippen LogP contribution < -0.4 is 15.6 Å². The molecule has 144 valence electrons. The number of H-pyrrole nitrogens is 1. The monoisotopic (exact) mass is 376 g/mol. The summed E-state index contributed by atoms with van der Waals surface area (Å²) in [6, 6.07) is 0. The Bertz CT molecular complexity index is 731. The number of hydrogen-bond acceptors (Lipinski definition) is 6. The number of halogens is 3. The molecule has 3 heterocycles. The minimum Gasteiger partial charge on any atom is -0.488 e. The third kappa shape index (κ3) is 3.83. The predicted octanol–water partition coefficient (Wildman–Crippen LogP) is 0.449. The third-order valence-corrected chi connectivity index (χ3v) is 4.30. The first-order valence-electron chi connectivity index (χ1n) is 8.24. The fourth-order valence-electron chi connectivity index (χ4n) is 3.03. The number of nitrogens with zero attached hydrogens (tertiary/aromatic N) is 2. The normalized spacial score (nSPS) is 23.3. The average molecular weight is 376 g/mol. The highest BCUT2D eigenvalue weighted by molar-refractivity contribution is 5.77. The summed E-state index contributed by atoms with van der Waals surface area (Å²) in [5.41, 5.74) is -2.96. The first-order chi connectivity index (χ1) is 12.3. The van der Waals surface area contributed by atoms with Gasteiger partial charge in [0.25, 0.3) is 5.56 Å². The van der Waals surface area contributed by atoms with Crippen molar-refractivity contribution in [3.8, 4) is 5.75 Å². The molecule has 1 saturated heterocycles. The zero-order chi connectivity index (χ0) is 18.9. The summed E-state index contributed by atoms with van der Waals surface area (Å²) in [7, 11) is 0. The van der Waals surface area contributed by atoms with Gasteiger partial charge in [0.05, 0.1) is 6.10 Å². The van der Waals surface area contributed by atoms with Crippen LogP contribution in [0.3, 0.4) is 0 Å².